The van der Waals surface area contributed by atoms with Gasteiger partial charge in [0.15, 0.2) is 0 Å². The fraction of sp³-hybridized carbons (Fsp3) is 0.765. The second-order valence-corrected chi connectivity index (χ2v) is 7.23. The zero-order chi connectivity index (χ0) is 15.7. The monoisotopic (exact) mass is 305 g/mol. The van der Waals surface area contributed by atoms with Crippen LogP contribution < -0.4 is 0 Å². The Morgan fingerprint density at radius 1 is 1.36 bits per heavy atom. The molecule has 1 fully saturated rings. The Morgan fingerprint density at radius 2 is 2.18 bits per heavy atom. The summed E-state index contributed by atoms with van der Waals surface area (Å²) in [7, 11) is 0. The first kappa shape index (κ1) is 15.5. The van der Waals surface area contributed by atoms with E-state index in [9.17, 15) is 9.90 Å². The van der Waals surface area contributed by atoms with Crippen LogP contribution in [0.5, 0.6) is 0 Å². The average molecular weight is 305 g/mol. The lowest BCUT2D eigenvalue weighted by Crippen LogP contribution is -2.51. The average Bonchev–Trinajstić information content (AvgIpc) is 3.10. The van der Waals surface area contributed by atoms with Gasteiger partial charge in [-0.1, -0.05) is 13.8 Å². The van der Waals surface area contributed by atoms with E-state index in [4.69, 9.17) is 0 Å². The Labute approximate surface area is 132 Å². The Hall–Kier alpha value is -1.36. The van der Waals surface area contributed by atoms with Crippen molar-refractivity contribution >= 4 is 5.91 Å². The second-order valence-electron chi connectivity index (χ2n) is 7.23. The van der Waals surface area contributed by atoms with E-state index in [0.29, 0.717) is 5.92 Å². The molecule has 5 heteroatoms. The van der Waals surface area contributed by atoms with Crippen LogP contribution in [0.4, 0.5) is 0 Å². The van der Waals surface area contributed by atoms with Gasteiger partial charge in [-0.05, 0) is 44.4 Å². The molecule has 1 aromatic heterocycles. The van der Waals surface area contributed by atoms with Crippen LogP contribution in [-0.4, -0.2) is 44.4 Å². The predicted octanol–water partition coefficient (Wildman–Crippen LogP) is 2.23. The summed E-state index contributed by atoms with van der Waals surface area (Å²) in [6, 6.07) is 0. The van der Waals surface area contributed by atoms with Crippen LogP contribution in [0.2, 0.25) is 0 Å². The van der Waals surface area contributed by atoms with Gasteiger partial charge in [-0.3, -0.25) is 9.48 Å². The predicted molar refractivity (Wildman–Crippen MR) is 84.7 cm³/mol. The van der Waals surface area contributed by atoms with E-state index in [1.54, 1.807) is 6.20 Å². The number of aliphatic hydroxyl groups excluding tert-OH is 1. The molecular formula is C17H27N3O2. The first-order chi connectivity index (χ1) is 10.6. The van der Waals surface area contributed by atoms with E-state index < -0.39 is 0 Å². The fourth-order valence-electron chi connectivity index (χ4n) is 4.20. The molecule has 0 radical (unpaired) electrons. The number of amides is 1. The molecule has 2 aliphatic heterocycles. The molecule has 5 nitrogen and oxygen atoms in total. The van der Waals surface area contributed by atoms with Gasteiger partial charge in [-0.2, -0.15) is 5.10 Å². The molecule has 1 saturated heterocycles. The maximum Gasteiger partial charge on any atom is 0.257 e. The quantitative estimate of drug-likeness (QED) is 0.928. The molecule has 1 aromatic rings. The third-order valence-corrected chi connectivity index (χ3v) is 5.14. The van der Waals surface area contributed by atoms with Crippen LogP contribution >= 0.6 is 0 Å². The van der Waals surface area contributed by atoms with E-state index >= 15 is 0 Å². The summed E-state index contributed by atoms with van der Waals surface area (Å²) in [6.07, 6.45) is 7.67. The largest absolute Gasteiger partial charge is 0.394 e. The van der Waals surface area contributed by atoms with E-state index in [0.717, 1.165) is 62.9 Å². The summed E-state index contributed by atoms with van der Waals surface area (Å²) in [5.41, 5.74) is 1.46. The fourth-order valence-corrected chi connectivity index (χ4v) is 4.20. The van der Waals surface area contributed by atoms with Gasteiger partial charge in [0.1, 0.15) is 0 Å². The van der Waals surface area contributed by atoms with Gasteiger partial charge in [-0.25, -0.2) is 0 Å². The van der Waals surface area contributed by atoms with Crippen LogP contribution in [0.3, 0.4) is 0 Å². The van der Waals surface area contributed by atoms with Crippen molar-refractivity contribution in [1.82, 2.24) is 14.7 Å². The van der Waals surface area contributed by atoms with Crippen LogP contribution in [0.1, 0.15) is 62.0 Å². The number of aromatic nitrogens is 2. The molecule has 0 aromatic carbocycles. The smallest absolute Gasteiger partial charge is 0.257 e. The van der Waals surface area contributed by atoms with Gasteiger partial charge in [-0.15, -0.1) is 0 Å². The highest BCUT2D eigenvalue weighted by atomic mass is 16.3. The molecule has 2 aliphatic rings. The minimum absolute atomic E-state index is 0.0559. The van der Waals surface area contributed by atoms with Crippen molar-refractivity contribution in [3.05, 3.63) is 17.5 Å². The first-order valence-electron chi connectivity index (χ1n) is 8.55. The van der Waals surface area contributed by atoms with Gasteiger partial charge in [0.2, 0.25) is 0 Å². The van der Waals surface area contributed by atoms with Gasteiger partial charge in [0, 0.05) is 13.1 Å². The van der Waals surface area contributed by atoms with Crippen molar-refractivity contribution in [2.75, 3.05) is 13.2 Å². The molecule has 0 unspecified atom stereocenters. The van der Waals surface area contributed by atoms with Crippen LogP contribution in [0.15, 0.2) is 6.20 Å². The van der Waals surface area contributed by atoms with E-state index in [-0.39, 0.29) is 18.1 Å². The molecule has 0 spiro atoms. The van der Waals surface area contributed by atoms with Crippen molar-refractivity contribution in [2.45, 2.75) is 64.5 Å². The number of aliphatic hydroxyl groups is 1. The normalized spacial score (nSPS) is 24.8. The maximum atomic E-state index is 13.1. The summed E-state index contributed by atoms with van der Waals surface area (Å²) >= 11 is 0. The molecule has 22 heavy (non-hydrogen) atoms. The highest BCUT2D eigenvalue weighted by Gasteiger charge is 2.44. The number of hydrogen-bond acceptors (Lipinski definition) is 3. The molecule has 1 atom stereocenters. The lowest BCUT2D eigenvalue weighted by molar-refractivity contribution is 0.0331. The number of likely N-dealkylation sites (tertiary alicyclic amines) is 1. The minimum atomic E-state index is -0.380. The maximum absolute atomic E-state index is 13.1. The molecular weight excluding hydrogens is 278 g/mol. The minimum Gasteiger partial charge on any atom is -0.394 e. The molecule has 0 saturated carbocycles. The van der Waals surface area contributed by atoms with E-state index in [1.165, 1.54) is 0 Å². The Kier molecular flexibility index (Phi) is 4.26. The molecule has 0 bridgehead atoms. The topological polar surface area (TPSA) is 58.4 Å². The third kappa shape index (κ3) is 2.56. The number of aryl methyl sites for hydroxylation is 1. The lowest BCUT2D eigenvalue weighted by atomic mass is 9.86. The first-order valence-corrected chi connectivity index (χ1v) is 8.55. The lowest BCUT2D eigenvalue weighted by Gasteiger charge is -2.38. The number of rotatable bonds is 4. The molecule has 1 amide bonds. The highest BCUT2D eigenvalue weighted by molar-refractivity contribution is 5.96. The van der Waals surface area contributed by atoms with Crippen LogP contribution in [0.25, 0.3) is 0 Å². The number of carbonyl (C=O) groups is 1. The standard InChI is InChI=1S/C17H27N3O2/c1-13(2)10-17(12-21)7-5-8-19(17)16(22)14-11-18-20-9-4-3-6-15(14)20/h11,13,21H,3-10,12H2,1-2H3/t17-/m0/s1. The van der Waals surface area contributed by atoms with Crippen molar-refractivity contribution in [3.8, 4) is 0 Å². The van der Waals surface area contributed by atoms with E-state index in [2.05, 4.69) is 18.9 Å². The zero-order valence-electron chi connectivity index (χ0n) is 13.7. The van der Waals surface area contributed by atoms with Crippen molar-refractivity contribution in [3.63, 3.8) is 0 Å². The number of nitrogens with zero attached hydrogens (tertiary/aromatic N) is 3. The van der Waals surface area contributed by atoms with Gasteiger partial charge in [0.25, 0.3) is 5.91 Å². The highest BCUT2D eigenvalue weighted by Crippen LogP contribution is 2.36. The SMILES string of the molecule is CC(C)C[C@]1(CO)CCCN1C(=O)c1cnn2c1CCCC2. The van der Waals surface area contributed by atoms with Crippen molar-refractivity contribution in [2.24, 2.45) is 5.92 Å². The summed E-state index contributed by atoms with van der Waals surface area (Å²) in [5, 5.41) is 14.4. The summed E-state index contributed by atoms with van der Waals surface area (Å²) in [5.74, 6) is 0.525. The molecule has 3 rings (SSSR count). The second kappa shape index (κ2) is 6.03. The number of fused-ring (bicyclic) bond motifs is 1. The Bertz CT molecular complexity index is 552. The third-order valence-electron chi connectivity index (χ3n) is 5.14. The molecule has 1 N–H and O–H groups in total. The summed E-state index contributed by atoms with van der Waals surface area (Å²) in [4.78, 5) is 15.0. The van der Waals surface area contributed by atoms with Gasteiger partial charge in [0.05, 0.1) is 29.6 Å². The summed E-state index contributed by atoms with van der Waals surface area (Å²) in [6.45, 7) is 6.03. The number of hydrogen-bond donors (Lipinski definition) is 1. The van der Waals surface area contributed by atoms with Gasteiger partial charge < -0.3 is 10.0 Å². The molecule has 3 heterocycles. The Balaban J connectivity index is 1.89. The summed E-state index contributed by atoms with van der Waals surface area (Å²) < 4.78 is 1.98. The van der Waals surface area contributed by atoms with E-state index in [1.807, 2.05) is 9.58 Å². The molecule has 0 aliphatic carbocycles. The van der Waals surface area contributed by atoms with Crippen LogP contribution in [0, 0.1) is 5.92 Å². The zero-order valence-corrected chi connectivity index (χ0v) is 13.7. The number of carbonyl (C=O) groups excluding carboxylic acids is 1. The molecule has 122 valence electrons. The van der Waals surface area contributed by atoms with Crippen LogP contribution in [-0.2, 0) is 13.0 Å². The van der Waals surface area contributed by atoms with Gasteiger partial charge >= 0.3 is 0 Å². The van der Waals surface area contributed by atoms with Crippen molar-refractivity contribution in [1.29, 1.82) is 0 Å². The Morgan fingerprint density at radius 3 is 2.91 bits per heavy atom. The van der Waals surface area contributed by atoms with Crippen molar-refractivity contribution < 1.29 is 9.90 Å².